The molecule has 3 N–H and O–H groups in total. The van der Waals surface area contributed by atoms with Crippen molar-refractivity contribution in [1.82, 2.24) is 4.98 Å². The summed E-state index contributed by atoms with van der Waals surface area (Å²) < 4.78 is 26.6. The Kier molecular flexibility index (Phi) is 4.11. The van der Waals surface area contributed by atoms with Gasteiger partial charge in [-0.1, -0.05) is 42.1 Å². The Labute approximate surface area is 107 Å². The molecule has 0 aliphatic heterocycles. The number of hydrazine groups is 1. The van der Waals surface area contributed by atoms with Gasteiger partial charge in [-0.05, 0) is 5.56 Å². The number of aromatic nitrogens is 1. The van der Waals surface area contributed by atoms with E-state index < -0.39 is 11.6 Å². The van der Waals surface area contributed by atoms with E-state index in [1.807, 2.05) is 30.3 Å². The monoisotopic (exact) mass is 267 g/mol. The van der Waals surface area contributed by atoms with Gasteiger partial charge < -0.3 is 5.43 Å². The third-order valence-corrected chi connectivity index (χ3v) is 3.29. The number of halogens is 2. The van der Waals surface area contributed by atoms with Gasteiger partial charge in [0.25, 0.3) is 0 Å². The highest BCUT2D eigenvalue weighted by atomic mass is 32.2. The highest BCUT2D eigenvalue weighted by Gasteiger charge is 2.11. The summed E-state index contributed by atoms with van der Waals surface area (Å²) >= 11 is 1.19. The topological polar surface area (TPSA) is 50.9 Å². The smallest absolute Gasteiger partial charge is 0.177 e. The maximum absolute atomic E-state index is 13.5. The van der Waals surface area contributed by atoms with Crippen molar-refractivity contribution in [3.8, 4) is 0 Å². The van der Waals surface area contributed by atoms with Crippen LogP contribution in [-0.2, 0) is 5.75 Å². The molecule has 0 amide bonds. The van der Waals surface area contributed by atoms with Crippen molar-refractivity contribution < 1.29 is 8.78 Å². The molecule has 3 nitrogen and oxygen atoms in total. The predicted octanol–water partition coefficient (Wildman–Crippen LogP) is 2.94. The van der Waals surface area contributed by atoms with Gasteiger partial charge in [-0.15, -0.1) is 0 Å². The largest absolute Gasteiger partial charge is 0.306 e. The average molecular weight is 267 g/mol. The Morgan fingerprint density at radius 1 is 1.17 bits per heavy atom. The van der Waals surface area contributed by atoms with Gasteiger partial charge in [0.05, 0.1) is 0 Å². The number of rotatable bonds is 4. The minimum atomic E-state index is -0.806. The fourth-order valence-corrected chi connectivity index (χ4v) is 2.23. The lowest BCUT2D eigenvalue weighted by atomic mass is 10.2. The van der Waals surface area contributed by atoms with E-state index in [-0.39, 0.29) is 10.8 Å². The number of pyridine rings is 1. The van der Waals surface area contributed by atoms with E-state index in [9.17, 15) is 8.78 Å². The van der Waals surface area contributed by atoms with E-state index in [4.69, 9.17) is 5.84 Å². The zero-order chi connectivity index (χ0) is 13.0. The molecule has 0 fully saturated rings. The molecule has 0 spiro atoms. The van der Waals surface area contributed by atoms with E-state index in [0.29, 0.717) is 5.75 Å². The van der Waals surface area contributed by atoms with Crippen LogP contribution in [0.15, 0.2) is 41.4 Å². The van der Waals surface area contributed by atoms with Crippen molar-refractivity contribution in [2.45, 2.75) is 10.8 Å². The molecule has 0 radical (unpaired) electrons. The number of nitrogens with zero attached hydrogens (tertiary/aromatic N) is 1. The summed E-state index contributed by atoms with van der Waals surface area (Å²) in [4.78, 5) is 3.78. The van der Waals surface area contributed by atoms with Crippen molar-refractivity contribution in [1.29, 1.82) is 0 Å². The molecule has 2 rings (SSSR count). The molecule has 0 aliphatic rings. The maximum Gasteiger partial charge on any atom is 0.177 e. The molecule has 1 aromatic carbocycles. The summed E-state index contributed by atoms with van der Waals surface area (Å²) in [7, 11) is 0. The second-order valence-electron chi connectivity index (χ2n) is 3.52. The Morgan fingerprint density at radius 3 is 2.56 bits per heavy atom. The van der Waals surface area contributed by atoms with Crippen LogP contribution in [0.1, 0.15) is 5.56 Å². The molecule has 94 valence electrons. The lowest BCUT2D eigenvalue weighted by molar-refractivity contribution is 0.551. The first-order valence-corrected chi connectivity index (χ1v) is 6.18. The molecule has 18 heavy (non-hydrogen) atoms. The fourth-order valence-electron chi connectivity index (χ4n) is 1.38. The summed E-state index contributed by atoms with van der Waals surface area (Å²) in [5.41, 5.74) is 3.13. The highest BCUT2D eigenvalue weighted by Crippen LogP contribution is 2.26. The van der Waals surface area contributed by atoms with Crippen molar-refractivity contribution in [2.75, 3.05) is 5.43 Å². The third kappa shape index (κ3) is 2.96. The first-order valence-electron chi connectivity index (χ1n) is 5.20. The zero-order valence-electron chi connectivity index (χ0n) is 9.36. The fraction of sp³-hybridized carbons (Fsp3) is 0.0833. The summed E-state index contributed by atoms with van der Waals surface area (Å²) in [5.74, 6) is 3.99. The molecule has 0 saturated heterocycles. The predicted molar refractivity (Wildman–Crippen MR) is 68.0 cm³/mol. The van der Waals surface area contributed by atoms with Gasteiger partial charge in [-0.2, -0.15) is 0 Å². The molecule has 1 aromatic heterocycles. The molecule has 2 aromatic rings. The third-order valence-electron chi connectivity index (χ3n) is 2.25. The number of nitrogen functional groups attached to an aromatic ring is 1. The summed E-state index contributed by atoms with van der Waals surface area (Å²) in [6, 6.07) is 10.3. The van der Waals surface area contributed by atoms with Crippen LogP contribution in [0.3, 0.4) is 0 Å². The molecular formula is C12H11F2N3S. The summed E-state index contributed by atoms with van der Waals surface area (Å²) in [5, 5.41) is 0.119. The van der Waals surface area contributed by atoms with Crippen molar-refractivity contribution in [3.05, 3.63) is 53.6 Å². The maximum atomic E-state index is 13.5. The van der Waals surface area contributed by atoms with Crippen LogP contribution in [0.4, 0.5) is 14.6 Å². The Bertz CT molecular complexity index is 534. The lowest BCUT2D eigenvalue weighted by Crippen LogP contribution is -2.11. The number of hydrogen-bond donors (Lipinski definition) is 2. The second kappa shape index (κ2) is 5.79. The Balaban J connectivity index is 2.14. The van der Waals surface area contributed by atoms with Crippen LogP contribution in [0.25, 0.3) is 0 Å². The van der Waals surface area contributed by atoms with E-state index in [1.54, 1.807) is 0 Å². The van der Waals surface area contributed by atoms with Crippen LogP contribution in [0.2, 0.25) is 0 Å². The van der Waals surface area contributed by atoms with Gasteiger partial charge in [0.2, 0.25) is 0 Å². The molecule has 0 atom stereocenters. The average Bonchev–Trinajstić information content (AvgIpc) is 2.39. The van der Waals surface area contributed by atoms with Gasteiger partial charge >= 0.3 is 0 Å². The van der Waals surface area contributed by atoms with Crippen molar-refractivity contribution >= 4 is 17.6 Å². The Hall–Kier alpha value is -1.66. The molecular weight excluding hydrogens is 256 g/mol. The first kappa shape index (κ1) is 12.8. The summed E-state index contributed by atoms with van der Waals surface area (Å²) in [6.07, 6.45) is 0. The van der Waals surface area contributed by atoms with Crippen molar-refractivity contribution in [3.63, 3.8) is 0 Å². The first-order chi connectivity index (χ1) is 8.70. The second-order valence-corrected chi connectivity index (χ2v) is 4.49. The SMILES string of the molecule is NNc1nc(SCc2ccccc2)c(F)cc1F. The standard InChI is InChI=1S/C12H11F2N3S/c13-9-6-10(14)12(16-11(9)17-15)18-7-8-4-2-1-3-5-8/h1-6H,7,15H2,(H,16,17). The number of hydrogen-bond acceptors (Lipinski definition) is 4. The zero-order valence-corrected chi connectivity index (χ0v) is 10.2. The number of thioether (sulfide) groups is 1. The summed E-state index contributed by atoms with van der Waals surface area (Å²) in [6.45, 7) is 0. The minimum Gasteiger partial charge on any atom is -0.306 e. The van der Waals surface area contributed by atoms with E-state index in [0.717, 1.165) is 11.6 Å². The molecule has 1 heterocycles. The van der Waals surface area contributed by atoms with E-state index in [1.165, 1.54) is 11.8 Å². The van der Waals surface area contributed by atoms with Crippen LogP contribution in [0.5, 0.6) is 0 Å². The lowest BCUT2D eigenvalue weighted by Gasteiger charge is -2.06. The number of nitrogens with one attached hydrogen (secondary N) is 1. The number of anilines is 1. The molecule has 0 bridgehead atoms. The van der Waals surface area contributed by atoms with Crippen LogP contribution >= 0.6 is 11.8 Å². The molecule has 0 unspecified atom stereocenters. The molecule has 0 saturated carbocycles. The van der Waals surface area contributed by atoms with Gasteiger partial charge in [0.1, 0.15) is 5.03 Å². The van der Waals surface area contributed by atoms with Crippen LogP contribution < -0.4 is 11.3 Å². The van der Waals surface area contributed by atoms with Crippen molar-refractivity contribution in [2.24, 2.45) is 5.84 Å². The minimum absolute atomic E-state index is 0.119. The van der Waals surface area contributed by atoms with E-state index in [2.05, 4.69) is 10.4 Å². The quantitative estimate of drug-likeness (QED) is 0.508. The van der Waals surface area contributed by atoms with Gasteiger partial charge in [0, 0.05) is 11.8 Å². The number of benzene rings is 1. The van der Waals surface area contributed by atoms with Crippen LogP contribution in [0, 0.1) is 11.6 Å². The van der Waals surface area contributed by atoms with E-state index >= 15 is 0 Å². The van der Waals surface area contributed by atoms with Crippen LogP contribution in [-0.4, -0.2) is 4.98 Å². The molecule has 0 aliphatic carbocycles. The highest BCUT2D eigenvalue weighted by molar-refractivity contribution is 7.98. The normalized spacial score (nSPS) is 10.4. The molecule has 6 heteroatoms. The Morgan fingerprint density at radius 2 is 1.89 bits per heavy atom. The van der Waals surface area contributed by atoms with Gasteiger partial charge in [-0.3, -0.25) is 0 Å². The van der Waals surface area contributed by atoms with Gasteiger partial charge in [-0.25, -0.2) is 19.6 Å². The number of nitrogens with two attached hydrogens (primary N) is 1. The van der Waals surface area contributed by atoms with Gasteiger partial charge in [0.15, 0.2) is 17.5 Å².